The summed E-state index contributed by atoms with van der Waals surface area (Å²) in [7, 11) is 0. The van der Waals surface area contributed by atoms with E-state index < -0.39 is 6.09 Å². The van der Waals surface area contributed by atoms with E-state index in [0.29, 0.717) is 12.1 Å². The van der Waals surface area contributed by atoms with E-state index in [1.807, 2.05) is 46.1 Å². The molecule has 1 aromatic rings. The van der Waals surface area contributed by atoms with Gasteiger partial charge in [-0.2, -0.15) is 11.8 Å². The first kappa shape index (κ1) is 20.4. The van der Waals surface area contributed by atoms with Crippen molar-refractivity contribution in [3.63, 3.8) is 0 Å². The van der Waals surface area contributed by atoms with Gasteiger partial charge in [0, 0.05) is 17.9 Å². The number of hydrogen-bond acceptors (Lipinski definition) is 4. The van der Waals surface area contributed by atoms with Crippen molar-refractivity contribution in [2.75, 3.05) is 18.6 Å². The van der Waals surface area contributed by atoms with Crippen LogP contribution in [-0.2, 0) is 4.74 Å². The van der Waals surface area contributed by atoms with Gasteiger partial charge in [-0.1, -0.05) is 31.5 Å². The fourth-order valence-electron chi connectivity index (χ4n) is 2.10. The van der Waals surface area contributed by atoms with E-state index in [2.05, 4.69) is 10.6 Å². The van der Waals surface area contributed by atoms with E-state index in [-0.39, 0.29) is 24.0 Å². The van der Waals surface area contributed by atoms with E-state index in [4.69, 9.17) is 4.74 Å². The first-order chi connectivity index (χ1) is 11.3. The average molecular weight is 353 g/mol. The number of aryl methyl sites for hydroxylation is 1. The van der Waals surface area contributed by atoms with E-state index >= 15 is 0 Å². The van der Waals surface area contributed by atoms with E-state index in [1.54, 1.807) is 23.9 Å². The van der Waals surface area contributed by atoms with Gasteiger partial charge in [0.25, 0.3) is 5.91 Å². The molecule has 0 radical (unpaired) electrons. The van der Waals surface area contributed by atoms with Gasteiger partial charge in [0.05, 0.1) is 6.04 Å². The summed E-state index contributed by atoms with van der Waals surface area (Å²) in [5.74, 6) is 0.780. The first-order valence-electron chi connectivity index (χ1n) is 8.14. The van der Waals surface area contributed by atoms with Crippen molar-refractivity contribution in [2.24, 2.45) is 5.92 Å². The highest BCUT2D eigenvalue weighted by molar-refractivity contribution is 7.98. The van der Waals surface area contributed by atoms with Crippen LogP contribution in [0.2, 0.25) is 0 Å². The Bertz CT molecular complexity index is 532. The zero-order valence-corrected chi connectivity index (χ0v) is 15.9. The van der Waals surface area contributed by atoms with Crippen LogP contribution >= 0.6 is 11.8 Å². The molecule has 0 heterocycles. The van der Waals surface area contributed by atoms with Crippen molar-refractivity contribution >= 4 is 23.8 Å². The maximum Gasteiger partial charge on any atom is 0.407 e. The molecule has 0 aliphatic rings. The fraction of sp³-hybridized carbons (Fsp3) is 0.556. The van der Waals surface area contributed by atoms with E-state index in [9.17, 15) is 9.59 Å². The van der Waals surface area contributed by atoms with Gasteiger partial charge in [-0.05, 0) is 38.2 Å². The van der Waals surface area contributed by atoms with Gasteiger partial charge in [-0.3, -0.25) is 4.79 Å². The average Bonchev–Trinajstić information content (AvgIpc) is 2.51. The Kier molecular flexibility index (Phi) is 8.68. The monoisotopic (exact) mass is 352 g/mol. The summed E-state index contributed by atoms with van der Waals surface area (Å²) in [6, 6.07) is 7.20. The normalized spacial score (nSPS) is 13.2. The number of nitrogens with one attached hydrogen (secondary N) is 2. The standard InChI is InChI=1S/C18H28N2O3S/c1-12(2)16(20-18(22)23-14(4)11-24-5)10-19-17(21)15-8-6-13(3)7-9-15/h6-9,12,14,16H,10-11H2,1-5H3,(H,19,21)(H,20,22). The van der Waals surface area contributed by atoms with Crippen LogP contribution in [0, 0.1) is 12.8 Å². The highest BCUT2D eigenvalue weighted by atomic mass is 32.2. The summed E-state index contributed by atoms with van der Waals surface area (Å²) in [6.45, 7) is 8.18. The van der Waals surface area contributed by atoms with Gasteiger partial charge in [-0.15, -0.1) is 0 Å². The Morgan fingerprint density at radius 2 is 1.79 bits per heavy atom. The van der Waals surface area contributed by atoms with Crippen LogP contribution in [0.3, 0.4) is 0 Å². The number of carbonyl (C=O) groups excluding carboxylic acids is 2. The van der Waals surface area contributed by atoms with Gasteiger partial charge >= 0.3 is 6.09 Å². The molecule has 0 bridgehead atoms. The Balaban J connectivity index is 2.52. The maximum absolute atomic E-state index is 12.2. The number of thioether (sulfide) groups is 1. The molecular formula is C18H28N2O3S. The molecule has 0 fully saturated rings. The minimum absolute atomic E-state index is 0.144. The SMILES string of the molecule is CSCC(C)OC(=O)NC(CNC(=O)c1ccc(C)cc1)C(C)C. The lowest BCUT2D eigenvalue weighted by atomic mass is 10.0. The van der Waals surface area contributed by atoms with Crippen LogP contribution in [0.15, 0.2) is 24.3 Å². The largest absolute Gasteiger partial charge is 0.446 e. The lowest BCUT2D eigenvalue weighted by molar-refractivity contribution is 0.0933. The molecule has 134 valence electrons. The Hall–Kier alpha value is -1.69. The van der Waals surface area contributed by atoms with Gasteiger partial charge in [-0.25, -0.2) is 4.79 Å². The molecule has 5 nitrogen and oxygen atoms in total. The first-order valence-corrected chi connectivity index (χ1v) is 9.53. The molecule has 1 aromatic carbocycles. The predicted molar refractivity (Wildman–Crippen MR) is 99.6 cm³/mol. The molecule has 0 saturated heterocycles. The number of amides is 2. The van der Waals surface area contributed by atoms with Crippen LogP contribution in [0.1, 0.15) is 36.7 Å². The van der Waals surface area contributed by atoms with Crippen LogP contribution in [-0.4, -0.2) is 42.7 Å². The Morgan fingerprint density at radius 1 is 1.17 bits per heavy atom. The Labute approximate surface area is 148 Å². The topological polar surface area (TPSA) is 67.4 Å². The second kappa shape index (κ2) is 10.2. The summed E-state index contributed by atoms with van der Waals surface area (Å²) in [5.41, 5.74) is 1.72. The smallest absolute Gasteiger partial charge is 0.407 e. The highest BCUT2D eigenvalue weighted by Gasteiger charge is 2.19. The second-order valence-corrected chi connectivity index (χ2v) is 7.15. The summed E-state index contributed by atoms with van der Waals surface area (Å²) < 4.78 is 5.29. The molecule has 0 spiro atoms. The predicted octanol–water partition coefficient (Wildman–Crippen LogP) is 3.23. The second-order valence-electron chi connectivity index (χ2n) is 6.24. The quantitative estimate of drug-likeness (QED) is 0.754. The number of benzene rings is 1. The van der Waals surface area contributed by atoms with Gasteiger partial charge in [0.2, 0.25) is 0 Å². The minimum Gasteiger partial charge on any atom is -0.446 e. The molecule has 24 heavy (non-hydrogen) atoms. The molecule has 1 rings (SSSR count). The zero-order valence-electron chi connectivity index (χ0n) is 15.1. The van der Waals surface area contributed by atoms with Crippen molar-refractivity contribution < 1.29 is 14.3 Å². The van der Waals surface area contributed by atoms with Crippen LogP contribution in [0.25, 0.3) is 0 Å². The lowest BCUT2D eigenvalue weighted by Crippen LogP contribution is -2.47. The molecule has 0 saturated carbocycles. The Morgan fingerprint density at radius 3 is 2.33 bits per heavy atom. The molecule has 2 amide bonds. The van der Waals surface area contributed by atoms with E-state index in [1.165, 1.54) is 0 Å². The van der Waals surface area contributed by atoms with Gasteiger partial charge < -0.3 is 15.4 Å². The maximum atomic E-state index is 12.2. The van der Waals surface area contributed by atoms with Crippen molar-refractivity contribution in [1.82, 2.24) is 10.6 Å². The van der Waals surface area contributed by atoms with Crippen molar-refractivity contribution in [3.05, 3.63) is 35.4 Å². The summed E-state index contributed by atoms with van der Waals surface area (Å²) in [6.07, 6.45) is 1.38. The number of alkyl carbamates (subject to hydrolysis) is 1. The van der Waals surface area contributed by atoms with Gasteiger partial charge in [0.15, 0.2) is 0 Å². The van der Waals surface area contributed by atoms with Crippen LogP contribution < -0.4 is 10.6 Å². The molecule has 2 atom stereocenters. The molecule has 6 heteroatoms. The molecule has 2 unspecified atom stereocenters. The molecule has 0 aliphatic carbocycles. The zero-order chi connectivity index (χ0) is 18.1. The minimum atomic E-state index is -0.445. The summed E-state index contributed by atoms with van der Waals surface area (Å²) in [5, 5.41) is 5.71. The van der Waals surface area contributed by atoms with E-state index in [0.717, 1.165) is 11.3 Å². The number of ether oxygens (including phenoxy) is 1. The van der Waals surface area contributed by atoms with Crippen molar-refractivity contribution in [2.45, 2.75) is 39.8 Å². The molecular weight excluding hydrogens is 324 g/mol. The highest BCUT2D eigenvalue weighted by Crippen LogP contribution is 2.06. The molecule has 0 aliphatic heterocycles. The van der Waals surface area contributed by atoms with Crippen LogP contribution in [0.5, 0.6) is 0 Å². The third kappa shape index (κ3) is 7.25. The van der Waals surface area contributed by atoms with Crippen molar-refractivity contribution in [1.29, 1.82) is 0 Å². The molecule has 0 aromatic heterocycles. The number of rotatable bonds is 8. The summed E-state index contributed by atoms with van der Waals surface area (Å²) >= 11 is 1.63. The molecule has 2 N–H and O–H groups in total. The van der Waals surface area contributed by atoms with Crippen LogP contribution in [0.4, 0.5) is 4.79 Å². The fourth-order valence-corrected chi connectivity index (χ4v) is 2.64. The van der Waals surface area contributed by atoms with Gasteiger partial charge in [0.1, 0.15) is 6.10 Å². The lowest BCUT2D eigenvalue weighted by Gasteiger charge is -2.23. The summed E-state index contributed by atoms with van der Waals surface area (Å²) in [4.78, 5) is 24.1. The third-order valence-corrected chi connectivity index (χ3v) is 4.42. The third-order valence-electron chi connectivity index (χ3n) is 3.61. The number of carbonyl (C=O) groups is 2. The van der Waals surface area contributed by atoms with Crippen molar-refractivity contribution in [3.8, 4) is 0 Å². The number of hydrogen-bond donors (Lipinski definition) is 2.